The number of carbonyl (C=O) groups excluding carboxylic acids is 2. The number of benzene rings is 2. The van der Waals surface area contributed by atoms with Crippen LogP contribution < -0.4 is 25.4 Å². The van der Waals surface area contributed by atoms with Gasteiger partial charge in [-0.15, -0.1) is 0 Å². The van der Waals surface area contributed by atoms with E-state index in [1.165, 1.54) is 20.4 Å². The lowest BCUT2D eigenvalue weighted by Crippen LogP contribution is -2.19. The predicted molar refractivity (Wildman–Crippen MR) is 110 cm³/mol. The molecule has 3 rings (SSSR count). The number of pyridine rings is 1. The molecule has 8 nitrogen and oxygen atoms in total. The number of hydrogen-bond donors (Lipinski definition) is 3. The molecule has 0 spiro atoms. The second kappa shape index (κ2) is 9.23. The average molecular weight is 392 g/mol. The van der Waals surface area contributed by atoms with Gasteiger partial charge in [-0.05, 0) is 42.5 Å². The van der Waals surface area contributed by atoms with E-state index in [0.29, 0.717) is 28.6 Å². The van der Waals surface area contributed by atoms with Gasteiger partial charge >= 0.3 is 6.03 Å². The first-order valence-corrected chi connectivity index (χ1v) is 8.76. The van der Waals surface area contributed by atoms with Crippen molar-refractivity contribution < 1.29 is 19.1 Å². The topological polar surface area (TPSA) is 102 Å². The minimum atomic E-state index is -0.396. The molecule has 0 radical (unpaired) electrons. The normalized spacial score (nSPS) is 10.0. The molecule has 0 aliphatic rings. The predicted octanol–water partition coefficient (Wildman–Crippen LogP) is 3.89. The Morgan fingerprint density at radius 3 is 2.41 bits per heavy atom. The lowest BCUT2D eigenvalue weighted by Gasteiger charge is -2.11. The molecule has 0 saturated carbocycles. The van der Waals surface area contributed by atoms with E-state index in [0.717, 1.165) is 0 Å². The van der Waals surface area contributed by atoms with Crippen molar-refractivity contribution in [2.75, 3.05) is 24.8 Å². The number of nitrogens with one attached hydrogen (secondary N) is 3. The molecular weight excluding hydrogens is 372 g/mol. The highest BCUT2D eigenvalue weighted by Gasteiger charge is 2.09. The van der Waals surface area contributed by atoms with Crippen LogP contribution in [0.3, 0.4) is 0 Å². The molecule has 0 atom stereocenters. The van der Waals surface area contributed by atoms with Gasteiger partial charge in [0, 0.05) is 25.0 Å². The number of ether oxygens (including phenoxy) is 2. The Hall–Kier alpha value is -4.07. The van der Waals surface area contributed by atoms with Crippen molar-refractivity contribution in [3.63, 3.8) is 0 Å². The zero-order valence-electron chi connectivity index (χ0n) is 15.9. The van der Waals surface area contributed by atoms with E-state index < -0.39 is 6.03 Å². The summed E-state index contributed by atoms with van der Waals surface area (Å²) in [6, 6.07) is 16.8. The highest BCUT2D eigenvalue weighted by molar-refractivity contribution is 6.00. The number of amides is 3. The van der Waals surface area contributed by atoms with Crippen LogP contribution in [-0.4, -0.2) is 31.1 Å². The summed E-state index contributed by atoms with van der Waals surface area (Å²) in [5, 5.41) is 7.99. The standard InChI is InChI=1S/C21H20N4O4/c1-22-20(26)18-13-16(11-12-23-18)29-15-9-7-14(8-10-15)24-21(27)25-17-5-3-4-6-19(17)28-2/h3-13H,1-2H3,(H,22,26)(H2,24,25,27). The monoisotopic (exact) mass is 392 g/mol. The Morgan fingerprint density at radius 1 is 0.931 bits per heavy atom. The number of aromatic nitrogens is 1. The Kier molecular flexibility index (Phi) is 6.26. The number of anilines is 2. The second-order valence-corrected chi connectivity index (χ2v) is 5.86. The average Bonchev–Trinajstić information content (AvgIpc) is 2.75. The molecule has 0 unspecified atom stereocenters. The van der Waals surface area contributed by atoms with Crippen molar-refractivity contribution >= 4 is 23.3 Å². The van der Waals surface area contributed by atoms with Gasteiger partial charge in [-0.25, -0.2) is 4.79 Å². The van der Waals surface area contributed by atoms with E-state index >= 15 is 0 Å². The molecule has 0 fully saturated rings. The molecule has 29 heavy (non-hydrogen) atoms. The smallest absolute Gasteiger partial charge is 0.323 e. The molecule has 3 N–H and O–H groups in total. The van der Waals surface area contributed by atoms with Gasteiger partial charge in [-0.1, -0.05) is 12.1 Å². The Balaban J connectivity index is 1.61. The number of para-hydroxylation sites is 2. The zero-order chi connectivity index (χ0) is 20.6. The zero-order valence-corrected chi connectivity index (χ0v) is 15.9. The van der Waals surface area contributed by atoms with Crippen LogP contribution in [0, 0.1) is 0 Å². The number of nitrogens with zero attached hydrogens (tertiary/aromatic N) is 1. The Labute approximate surface area is 167 Å². The van der Waals surface area contributed by atoms with Crippen molar-refractivity contribution in [2.45, 2.75) is 0 Å². The van der Waals surface area contributed by atoms with Crippen LogP contribution in [0.15, 0.2) is 66.9 Å². The van der Waals surface area contributed by atoms with Gasteiger partial charge in [0.1, 0.15) is 22.9 Å². The number of hydrogen-bond acceptors (Lipinski definition) is 5. The number of carbonyl (C=O) groups is 2. The molecule has 0 aliphatic carbocycles. The molecular formula is C21H20N4O4. The number of urea groups is 1. The summed E-state index contributed by atoms with van der Waals surface area (Å²) in [5.74, 6) is 1.30. The summed E-state index contributed by atoms with van der Waals surface area (Å²) < 4.78 is 10.9. The van der Waals surface area contributed by atoms with Gasteiger partial charge in [0.15, 0.2) is 0 Å². The molecule has 0 aliphatic heterocycles. The van der Waals surface area contributed by atoms with Crippen molar-refractivity contribution in [1.29, 1.82) is 0 Å². The van der Waals surface area contributed by atoms with Crippen LogP contribution in [-0.2, 0) is 0 Å². The van der Waals surface area contributed by atoms with Gasteiger partial charge in [-0.2, -0.15) is 0 Å². The molecule has 3 aromatic rings. The maximum absolute atomic E-state index is 12.2. The molecule has 0 bridgehead atoms. The van der Waals surface area contributed by atoms with Crippen LogP contribution in [0.1, 0.15) is 10.5 Å². The van der Waals surface area contributed by atoms with E-state index in [-0.39, 0.29) is 11.6 Å². The minimum absolute atomic E-state index is 0.260. The lowest BCUT2D eigenvalue weighted by atomic mass is 10.3. The van der Waals surface area contributed by atoms with Crippen molar-refractivity contribution in [1.82, 2.24) is 10.3 Å². The molecule has 0 saturated heterocycles. The van der Waals surface area contributed by atoms with Gasteiger partial charge < -0.3 is 25.4 Å². The first-order valence-electron chi connectivity index (χ1n) is 8.76. The second-order valence-electron chi connectivity index (χ2n) is 5.86. The molecule has 148 valence electrons. The summed E-state index contributed by atoms with van der Waals surface area (Å²) in [6.45, 7) is 0. The minimum Gasteiger partial charge on any atom is -0.495 e. The first kappa shape index (κ1) is 19.7. The van der Waals surface area contributed by atoms with E-state index in [4.69, 9.17) is 9.47 Å². The Bertz CT molecular complexity index is 1010. The van der Waals surface area contributed by atoms with Gasteiger partial charge in [-0.3, -0.25) is 9.78 Å². The molecule has 2 aromatic carbocycles. The number of rotatable bonds is 6. The highest BCUT2D eigenvalue weighted by Crippen LogP contribution is 2.25. The van der Waals surface area contributed by atoms with Crippen LogP contribution in [0.5, 0.6) is 17.2 Å². The van der Waals surface area contributed by atoms with Crippen molar-refractivity contribution in [2.24, 2.45) is 0 Å². The SMILES string of the molecule is CNC(=O)c1cc(Oc2ccc(NC(=O)Nc3ccccc3OC)cc2)ccn1. The van der Waals surface area contributed by atoms with Crippen LogP contribution in [0.2, 0.25) is 0 Å². The highest BCUT2D eigenvalue weighted by atomic mass is 16.5. The summed E-state index contributed by atoms with van der Waals surface area (Å²) in [5.41, 5.74) is 1.42. The maximum Gasteiger partial charge on any atom is 0.323 e. The maximum atomic E-state index is 12.2. The fourth-order valence-corrected chi connectivity index (χ4v) is 2.50. The van der Waals surface area contributed by atoms with E-state index in [9.17, 15) is 9.59 Å². The van der Waals surface area contributed by atoms with Crippen LogP contribution in [0.4, 0.5) is 16.2 Å². The first-order chi connectivity index (χ1) is 14.1. The molecule has 3 amide bonds. The lowest BCUT2D eigenvalue weighted by molar-refractivity contribution is 0.0958. The summed E-state index contributed by atoms with van der Waals surface area (Å²) >= 11 is 0. The summed E-state index contributed by atoms with van der Waals surface area (Å²) in [6.07, 6.45) is 1.50. The van der Waals surface area contributed by atoms with E-state index in [1.54, 1.807) is 54.6 Å². The Morgan fingerprint density at radius 2 is 1.69 bits per heavy atom. The molecule has 1 heterocycles. The van der Waals surface area contributed by atoms with Gasteiger partial charge in [0.05, 0.1) is 12.8 Å². The number of methoxy groups -OCH3 is 1. The summed E-state index contributed by atoms with van der Waals surface area (Å²) in [7, 11) is 3.07. The largest absolute Gasteiger partial charge is 0.495 e. The quantitative estimate of drug-likeness (QED) is 0.591. The van der Waals surface area contributed by atoms with Crippen LogP contribution in [0.25, 0.3) is 0 Å². The fraction of sp³-hybridized carbons (Fsp3) is 0.0952. The van der Waals surface area contributed by atoms with Crippen LogP contribution >= 0.6 is 0 Å². The molecule has 8 heteroatoms. The van der Waals surface area contributed by atoms with E-state index in [2.05, 4.69) is 20.9 Å². The van der Waals surface area contributed by atoms with Gasteiger partial charge in [0.2, 0.25) is 0 Å². The summed E-state index contributed by atoms with van der Waals surface area (Å²) in [4.78, 5) is 27.8. The third-order valence-electron chi connectivity index (χ3n) is 3.89. The fourth-order valence-electron chi connectivity index (χ4n) is 2.50. The third kappa shape index (κ3) is 5.23. The van der Waals surface area contributed by atoms with Crippen molar-refractivity contribution in [3.8, 4) is 17.2 Å². The molecule has 1 aromatic heterocycles. The van der Waals surface area contributed by atoms with Gasteiger partial charge in [0.25, 0.3) is 5.91 Å². The third-order valence-corrected chi connectivity index (χ3v) is 3.89. The van der Waals surface area contributed by atoms with E-state index in [1.807, 2.05) is 6.07 Å². The van der Waals surface area contributed by atoms with Crippen molar-refractivity contribution in [3.05, 3.63) is 72.6 Å².